The first-order valence-electron chi connectivity index (χ1n) is 11.4. The van der Waals surface area contributed by atoms with Crippen LogP contribution in [0.5, 0.6) is 5.75 Å². The Morgan fingerprint density at radius 3 is 2.34 bits per heavy atom. The molecular weight excluding hydrogens is 551 g/mol. The van der Waals surface area contributed by atoms with Crippen LogP contribution in [0.4, 0.5) is 5.69 Å². The largest absolute Gasteiger partial charge is 0.484 e. The molecule has 0 aliphatic carbocycles. The van der Waals surface area contributed by atoms with Gasteiger partial charge < -0.3 is 10.1 Å². The SMILES string of the molecule is CS(=O)(=O)N(CC(=O)N/N=C/c1ccc(OCC(=O)NCCc2ccccc2)cc1)c1ccc(Cl)c(Cl)c1. The van der Waals surface area contributed by atoms with E-state index in [9.17, 15) is 18.0 Å². The maximum atomic E-state index is 12.3. The van der Waals surface area contributed by atoms with Gasteiger partial charge in [-0.1, -0.05) is 53.5 Å². The normalized spacial score (nSPS) is 11.2. The summed E-state index contributed by atoms with van der Waals surface area (Å²) in [4.78, 5) is 24.3. The Balaban J connectivity index is 1.45. The Morgan fingerprint density at radius 2 is 1.68 bits per heavy atom. The summed E-state index contributed by atoms with van der Waals surface area (Å²) in [6.45, 7) is -0.106. The van der Waals surface area contributed by atoms with E-state index < -0.39 is 22.5 Å². The van der Waals surface area contributed by atoms with Crippen molar-refractivity contribution in [2.24, 2.45) is 5.10 Å². The van der Waals surface area contributed by atoms with Crippen LogP contribution in [0.1, 0.15) is 11.1 Å². The number of hydrazone groups is 1. The Labute approximate surface area is 231 Å². The standard InChI is InChI=1S/C26H26Cl2N4O5S/c1-38(35,36)32(21-9-12-23(27)24(28)15-21)17-25(33)31-30-16-20-7-10-22(11-8-20)37-18-26(34)29-14-13-19-5-3-2-4-6-19/h2-12,15-16H,13-14,17-18H2,1H3,(H,29,34)(H,31,33)/b30-16+. The number of rotatable bonds is 12. The summed E-state index contributed by atoms with van der Waals surface area (Å²) in [5, 5.41) is 7.10. The van der Waals surface area contributed by atoms with Gasteiger partial charge >= 0.3 is 0 Å². The molecule has 0 spiro atoms. The molecule has 2 N–H and O–H groups in total. The zero-order valence-corrected chi connectivity index (χ0v) is 22.8. The number of hydrogen-bond acceptors (Lipinski definition) is 6. The van der Waals surface area contributed by atoms with Gasteiger partial charge in [-0.2, -0.15) is 5.10 Å². The van der Waals surface area contributed by atoms with Crippen LogP contribution in [0.3, 0.4) is 0 Å². The predicted octanol–water partition coefficient (Wildman–Crippen LogP) is 3.65. The van der Waals surface area contributed by atoms with Crippen LogP contribution >= 0.6 is 23.2 Å². The molecule has 2 amide bonds. The summed E-state index contributed by atoms with van der Waals surface area (Å²) in [5.41, 5.74) is 4.28. The van der Waals surface area contributed by atoms with Crippen molar-refractivity contribution in [1.82, 2.24) is 10.7 Å². The highest BCUT2D eigenvalue weighted by Gasteiger charge is 2.21. The summed E-state index contributed by atoms with van der Waals surface area (Å²) in [6.07, 6.45) is 3.10. The van der Waals surface area contributed by atoms with E-state index >= 15 is 0 Å². The molecule has 0 atom stereocenters. The first kappa shape index (κ1) is 29.0. The van der Waals surface area contributed by atoms with Gasteiger partial charge in [-0.05, 0) is 60.0 Å². The number of hydrogen-bond donors (Lipinski definition) is 2. The van der Waals surface area contributed by atoms with Gasteiger partial charge in [-0.25, -0.2) is 13.8 Å². The maximum Gasteiger partial charge on any atom is 0.260 e. The molecule has 0 unspecified atom stereocenters. The zero-order valence-electron chi connectivity index (χ0n) is 20.4. The Hall–Kier alpha value is -3.60. The monoisotopic (exact) mass is 576 g/mol. The fraction of sp³-hybridized carbons (Fsp3) is 0.192. The summed E-state index contributed by atoms with van der Waals surface area (Å²) in [7, 11) is -3.78. The van der Waals surface area contributed by atoms with Crippen molar-refractivity contribution in [2.45, 2.75) is 6.42 Å². The van der Waals surface area contributed by atoms with Crippen LogP contribution in [-0.2, 0) is 26.0 Å². The van der Waals surface area contributed by atoms with Crippen LogP contribution < -0.4 is 19.8 Å². The van der Waals surface area contributed by atoms with Crippen molar-refractivity contribution in [2.75, 3.05) is 30.3 Å². The number of carbonyl (C=O) groups excluding carboxylic acids is 2. The van der Waals surface area contributed by atoms with Gasteiger partial charge in [0.05, 0.1) is 28.2 Å². The molecule has 200 valence electrons. The number of benzene rings is 3. The first-order chi connectivity index (χ1) is 18.1. The van der Waals surface area contributed by atoms with Crippen LogP contribution in [0, 0.1) is 0 Å². The van der Waals surface area contributed by atoms with E-state index in [0.29, 0.717) is 17.9 Å². The van der Waals surface area contributed by atoms with E-state index in [2.05, 4.69) is 15.8 Å². The quantitative estimate of drug-likeness (QED) is 0.252. The number of halogens is 2. The van der Waals surface area contributed by atoms with Gasteiger partial charge in [0.2, 0.25) is 10.0 Å². The van der Waals surface area contributed by atoms with Crippen molar-refractivity contribution in [3.63, 3.8) is 0 Å². The van der Waals surface area contributed by atoms with Crippen LogP contribution in [0.15, 0.2) is 77.9 Å². The second kappa shape index (κ2) is 13.8. The average Bonchev–Trinajstić information content (AvgIpc) is 2.88. The smallest absolute Gasteiger partial charge is 0.260 e. The molecule has 0 aromatic heterocycles. The number of carbonyl (C=O) groups is 2. The Bertz CT molecular complexity index is 1380. The van der Waals surface area contributed by atoms with Crippen molar-refractivity contribution in [1.29, 1.82) is 0 Å². The lowest BCUT2D eigenvalue weighted by atomic mass is 10.1. The van der Waals surface area contributed by atoms with E-state index in [1.54, 1.807) is 24.3 Å². The van der Waals surface area contributed by atoms with Gasteiger partial charge in [0.1, 0.15) is 12.3 Å². The number of nitrogens with one attached hydrogen (secondary N) is 2. The van der Waals surface area contributed by atoms with E-state index in [0.717, 1.165) is 22.5 Å². The second-order valence-electron chi connectivity index (χ2n) is 8.10. The van der Waals surface area contributed by atoms with Crippen molar-refractivity contribution in [3.8, 4) is 5.75 Å². The van der Waals surface area contributed by atoms with Crippen LogP contribution in [0.2, 0.25) is 10.0 Å². The highest BCUT2D eigenvalue weighted by Crippen LogP contribution is 2.28. The second-order valence-corrected chi connectivity index (χ2v) is 10.8. The maximum absolute atomic E-state index is 12.3. The lowest BCUT2D eigenvalue weighted by Gasteiger charge is -2.21. The van der Waals surface area contributed by atoms with Gasteiger partial charge in [0.25, 0.3) is 11.8 Å². The third-order valence-corrected chi connectivity index (χ3v) is 6.99. The molecule has 0 fully saturated rings. The highest BCUT2D eigenvalue weighted by atomic mass is 35.5. The van der Waals surface area contributed by atoms with Gasteiger partial charge in [-0.3, -0.25) is 13.9 Å². The molecule has 0 radical (unpaired) electrons. The molecule has 3 aromatic carbocycles. The molecule has 0 saturated heterocycles. The Morgan fingerprint density at radius 1 is 0.974 bits per heavy atom. The molecule has 38 heavy (non-hydrogen) atoms. The van der Waals surface area contributed by atoms with E-state index in [1.165, 1.54) is 24.4 Å². The van der Waals surface area contributed by atoms with Gasteiger partial charge in [-0.15, -0.1) is 0 Å². The van der Waals surface area contributed by atoms with Crippen LogP contribution in [-0.4, -0.2) is 52.4 Å². The molecule has 0 bridgehead atoms. The molecule has 0 aliphatic rings. The minimum atomic E-state index is -3.78. The van der Waals surface area contributed by atoms with Crippen molar-refractivity contribution < 1.29 is 22.7 Å². The summed E-state index contributed by atoms with van der Waals surface area (Å²) in [5.74, 6) is -0.385. The van der Waals surface area contributed by atoms with Crippen LogP contribution in [0.25, 0.3) is 0 Å². The zero-order chi connectivity index (χ0) is 27.5. The number of sulfonamides is 1. The number of ether oxygens (including phenoxy) is 1. The molecule has 3 aromatic rings. The summed E-state index contributed by atoms with van der Waals surface area (Å²) in [6, 6.07) is 20.8. The molecule has 9 nitrogen and oxygen atoms in total. The summed E-state index contributed by atoms with van der Waals surface area (Å²) < 4.78 is 30.8. The summed E-state index contributed by atoms with van der Waals surface area (Å²) >= 11 is 11.9. The molecule has 0 aliphatic heterocycles. The molecule has 12 heteroatoms. The number of anilines is 1. The Kier molecular flexibility index (Phi) is 10.5. The first-order valence-corrected chi connectivity index (χ1v) is 14.0. The minimum Gasteiger partial charge on any atom is -0.484 e. The fourth-order valence-corrected chi connectivity index (χ4v) is 4.37. The molecule has 0 heterocycles. The van der Waals surface area contributed by atoms with Crippen molar-refractivity contribution in [3.05, 3.63) is 94.0 Å². The van der Waals surface area contributed by atoms with Crippen molar-refractivity contribution >= 4 is 56.9 Å². The fourth-order valence-electron chi connectivity index (χ4n) is 3.23. The lowest BCUT2D eigenvalue weighted by molar-refractivity contribution is -0.123. The van der Waals surface area contributed by atoms with Gasteiger partial charge in [0.15, 0.2) is 6.61 Å². The lowest BCUT2D eigenvalue weighted by Crippen LogP contribution is -2.39. The topological polar surface area (TPSA) is 117 Å². The molecule has 3 rings (SSSR count). The van der Waals surface area contributed by atoms with E-state index in [1.807, 2.05) is 30.3 Å². The average molecular weight is 577 g/mol. The molecule has 0 saturated carbocycles. The van der Waals surface area contributed by atoms with E-state index in [4.69, 9.17) is 27.9 Å². The predicted molar refractivity (Wildman–Crippen MR) is 149 cm³/mol. The number of amides is 2. The third-order valence-electron chi connectivity index (χ3n) is 5.11. The van der Waals surface area contributed by atoms with E-state index in [-0.39, 0.29) is 28.2 Å². The third kappa shape index (κ3) is 9.37. The molecular formula is C26H26Cl2N4O5S. The highest BCUT2D eigenvalue weighted by molar-refractivity contribution is 7.92. The van der Waals surface area contributed by atoms with Gasteiger partial charge in [0, 0.05) is 6.54 Å². The minimum absolute atomic E-state index is 0.117. The number of nitrogens with zero attached hydrogens (tertiary/aromatic N) is 2.